The van der Waals surface area contributed by atoms with Gasteiger partial charge in [0.25, 0.3) is 0 Å². The summed E-state index contributed by atoms with van der Waals surface area (Å²) in [5, 5.41) is 20.6. The maximum Gasteiger partial charge on any atom is 0.105 e. The molecule has 0 aromatic heterocycles. The van der Waals surface area contributed by atoms with Gasteiger partial charge in [0, 0.05) is 5.92 Å². The van der Waals surface area contributed by atoms with E-state index < -0.39 is 12.2 Å². The summed E-state index contributed by atoms with van der Waals surface area (Å²) in [5.41, 5.74) is 8.19. The number of aryl methyl sites for hydroxylation is 4. The van der Waals surface area contributed by atoms with Crippen LogP contribution in [0.25, 0.3) is 0 Å². The SMILES string of the molecule is Cc1ccc(C2CC(O)C(O)c3cc(C)c(C)cc32)cc1C. The first-order valence-electron chi connectivity index (χ1n) is 7.92. The Hall–Kier alpha value is -1.64. The second-order valence-electron chi connectivity index (χ2n) is 6.71. The smallest absolute Gasteiger partial charge is 0.105 e. The van der Waals surface area contributed by atoms with Gasteiger partial charge in [0.1, 0.15) is 6.10 Å². The Labute approximate surface area is 132 Å². The van der Waals surface area contributed by atoms with Gasteiger partial charge in [0.15, 0.2) is 0 Å². The molecule has 2 aromatic carbocycles. The molecule has 1 aliphatic rings. The molecule has 0 saturated heterocycles. The molecule has 22 heavy (non-hydrogen) atoms. The third kappa shape index (κ3) is 2.47. The highest BCUT2D eigenvalue weighted by molar-refractivity contribution is 5.47. The standard InChI is InChI=1S/C20H24O2/c1-11-5-6-15(7-12(11)2)16-10-19(21)20(22)18-9-14(4)13(3)8-17(16)18/h5-9,16,19-22H,10H2,1-4H3. The summed E-state index contributed by atoms with van der Waals surface area (Å²) in [5.74, 6) is 0.145. The lowest BCUT2D eigenvalue weighted by Gasteiger charge is -2.34. The third-order valence-corrected chi connectivity index (χ3v) is 5.17. The van der Waals surface area contributed by atoms with Crippen molar-refractivity contribution in [3.05, 3.63) is 69.3 Å². The Kier molecular flexibility index (Phi) is 3.84. The molecule has 0 fully saturated rings. The first kappa shape index (κ1) is 15.3. The normalized spacial score (nSPS) is 24.2. The van der Waals surface area contributed by atoms with E-state index in [0.29, 0.717) is 6.42 Å². The molecule has 0 bridgehead atoms. The van der Waals surface area contributed by atoms with Gasteiger partial charge in [-0.3, -0.25) is 0 Å². The molecule has 1 aliphatic carbocycles. The zero-order chi connectivity index (χ0) is 16.0. The maximum absolute atomic E-state index is 10.4. The number of hydrogen-bond acceptors (Lipinski definition) is 2. The van der Waals surface area contributed by atoms with Crippen molar-refractivity contribution in [2.24, 2.45) is 0 Å². The predicted molar refractivity (Wildman–Crippen MR) is 89.3 cm³/mol. The number of aliphatic hydroxyl groups is 2. The van der Waals surface area contributed by atoms with Crippen LogP contribution in [0.15, 0.2) is 30.3 Å². The van der Waals surface area contributed by atoms with Crippen LogP contribution in [0.5, 0.6) is 0 Å². The molecule has 2 nitrogen and oxygen atoms in total. The number of fused-ring (bicyclic) bond motifs is 1. The van der Waals surface area contributed by atoms with Crippen LogP contribution in [0.3, 0.4) is 0 Å². The second-order valence-corrected chi connectivity index (χ2v) is 6.71. The molecule has 3 unspecified atom stereocenters. The average Bonchev–Trinajstić information content (AvgIpc) is 2.48. The van der Waals surface area contributed by atoms with Crippen LogP contribution >= 0.6 is 0 Å². The summed E-state index contributed by atoms with van der Waals surface area (Å²) in [7, 11) is 0. The van der Waals surface area contributed by atoms with Gasteiger partial charge in [0.2, 0.25) is 0 Å². The fourth-order valence-electron chi connectivity index (χ4n) is 3.42. The molecule has 0 spiro atoms. The summed E-state index contributed by atoms with van der Waals surface area (Å²) in [6.45, 7) is 8.38. The first-order valence-corrected chi connectivity index (χ1v) is 7.92. The van der Waals surface area contributed by atoms with Gasteiger partial charge in [-0.1, -0.05) is 30.3 Å². The van der Waals surface area contributed by atoms with Gasteiger partial charge in [-0.2, -0.15) is 0 Å². The summed E-state index contributed by atoms with van der Waals surface area (Å²) in [4.78, 5) is 0. The minimum absolute atomic E-state index is 0.145. The molecule has 2 N–H and O–H groups in total. The van der Waals surface area contributed by atoms with Crippen LogP contribution in [-0.4, -0.2) is 16.3 Å². The molecule has 0 radical (unpaired) electrons. The molecular formula is C20H24O2. The number of rotatable bonds is 1. The lowest BCUT2D eigenvalue weighted by atomic mass is 9.75. The van der Waals surface area contributed by atoms with Crippen molar-refractivity contribution in [3.63, 3.8) is 0 Å². The fourth-order valence-corrected chi connectivity index (χ4v) is 3.42. The summed E-state index contributed by atoms with van der Waals surface area (Å²) >= 11 is 0. The largest absolute Gasteiger partial charge is 0.390 e. The minimum atomic E-state index is -0.780. The van der Waals surface area contributed by atoms with Crippen LogP contribution in [0.1, 0.15) is 57.4 Å². The Balaban J connectivity index is 2.15. The van der Waals surface area contributed by atoms with Crippen molar-refractivity contribution < 1.29 is 10.2 Å². The van der Waals surface area contributed by atoms with E-state index >= 15 is 0 Å². The van der Waals surface area contributed by atoms with Crippen LogP contribution in [0.4, 0.5) is 0 Å². The van der Waals surface area contributed by atoms with Crippen LogP contribution in [0.2, 0.25) is 0 Å². The summed E-state index contributed by atoms with van der Waals surface area (Å²) < 4.78 is 0. The van der Waals surface area contributed by atoms with Gasteiger partial charge in [-0.05, 0) is 73.1 Å². The van der Waals surface area contributed by atoms with E-state index in [-0.39, 0.29) is 5.92 Å². The van der Waals surface area contributed by atoms with E-state index in [1.807, 2.05) is 13.0 Å². The maximum atomic E-state index is 10.4. The van der Waals surface area contributed by atoms with Crippen molar-refractivity contribution in [2.45, 2.75) is 52.2 Å². The number of hydrogen-bond donors (Lipinski definition) is 2. The predicted octanol–water partition coefficient (Wildman–Crippen LogP) is 3.85. The number of benzene rings is 2. The zero-order valence-electron chi connectivity index (χ0n) is 13.7. The third-order valence-electron chi connectivity index (χ3n) is 5.17. The van der Waals surface area contributed by atoms with Crippen molar-refractivity contribution in [1.82, 2.24) is 0 Å². The van der Waals surface area contributed by atoms with Gasteiger partial charge in [-0.25, -0.2) is 0 Å². The second kappa shape index (κ2) is 5.53. The van der Waals surface area contributed by atoms with E-state index in [9.17, 15) is 10.2 Å². The zero-order valence-corrected chi connectivity index (χ0v) is 13.7. The summed E-state index contributed by atoms with van der Waals surface area (Å²) in [6.07, 6.45) is -0.919. The Morgan fingerprint density at radius 2 is 1.36 bits per heavy atom. The first-order chi connectivity index (χ1) is 10.4. The molecule has 3 atom stereocenters. The van der Waals surface area contributed by atoms with Gasteiger partial charge in [0.05, 0.1) is 6.10 Å². The highest BCUT2D eigenvalue weighted by atomic mass is 16.3. The van der Waals surface area contributed by atoms with Crippen molar-refractivity contribution >= 4 is 0 Å². The topological polar surface area (TPSA) is 40.5 Å². The Morgan fingerprint density at radius 3 is 2.00 bits per heavy atom. The van der Waals surface area contributed by atoms with E-state index in [1.165, 1.54) is 22.3 Å². The highest BCUT2D eigenvalue weighted by Crippen LogP contribution is 2.42. The minimum Gasteiger partial charge on any atom is -0.390 e. The van der Waals surface area contributed by atoms with Crippen molar-refractivity contribution in [2.75, 3.05) is 0 Å². The lowest BCUT2D eigenvalue weighted by molar-refractivity contribution is 0.00283. The molecule has 2 heteroatoms. The molecule has 0 heterocycles. The van der Waals surface area contributed by atoms with E-state index in [2.05, 4.69) is 45.0 Å². The van der Waals surface area contributed by atoms with Crippen LogP contribution in [0, 0.1) is 27.7 Å². The molecule has 116 valence electrons. The molecule has 2 aromatic rings. The Bertz CT molecular complexity index is 718. The number of aliphatic hydroxyl groups excluding tert-OH is 2. The summed E-state index contributed by atoms with van der Waals surface area (Å²) in [6, 6.07) is 10.7. The van der Waals surface area contributed by atoms with E-state index in [0.717, 1.165) is 16.7 Å². The Morgan fingerprint density at radius 1 is 0.773 bits per heavy atom. The highest BCUT2D eigenvalue weighted by Gasteiger charge is 2.34. The van der Waals surface area contributed by atoms with Gasteiger partial charge >= 0.3 is 0 Å². The van der Waals surface area contributed by atoms with E-state index in [1.54, 1.807) is 0 Å². The van der Waals surface area contributed by atoms with Crippen molar-refractivity contribution in [1.29, 1.82) is 0 Å². The molecule has 0 saturated carbocycles. The quantitative estimate of drug-likeness (QED) is 0.839. The van der Waals surface area contributed by atoms with Gasteiger partial charge in [-0.15, -0.1) is 0 Å². The molecular weight excluding hydrogens is 272 g/mol. The average molecular weight is 296 g/mol. The van der Waals surface area contributed by atoms with Crippen molar-refractivity contribution in [3.8, 4) is 0 Å². The molecule has 0 aliphatic heterocycles. The van der Waals surface area contributed by atoms with Gasteiger partial charge < -0.3 is 10.2 Å². The molecule has 3 rings (SSSR count). The fraction of sp³-hybridized carbons (Fsp3) is 0.400. The van der Waals surface area contributed by atoms with Crippen LogP contribution < -0.4 is 0 Å². The molecule has 0 amide bonds. The lowest BCUT2D eigenvalue weighted by Crippen LogP contribution is -2.28. The van der Waals surface area contributed by atoms with Crippen LogP contribution in [-0.2, 0) is 0 Å². The monoisotopic (exact) mass is 296 g/mol. The van der Waals surface area contributed by atoms with E-state index in [4.69, 9.17) is 0 Å².